The monoisotopic (exact) mass is 802 g/mol. The van der Waals surface area contributed by atoms with Crippen molar-refractivity contribution < 1.29 is 27.1 Å². The molecule has 57 heavy (non-hydrogen) atoms. The summed E-state index contributed by atoms with van der Waals surface area (Å²) >= 11 is 0. The largest absolute Gasteiger partial charge is 0.748 e. The van der Waals surface area contributed by atoms with Crippen LogP contribution in [-0.4, -0.2) is 90.6 Å². The number of carbonyl (C=O) groups excluding carboxylic acids is 1. The van der Waals surface area contributed by atoms with Gasteiger partial charge in [0.2, 0.25) is 11.8 Å². The van der Waals surface area contributed by atoms with Gasteiger partial charge in [-0.05, 0) is 86.6 Å². The number of imidazole rings is 1. The summed E-state index contributed by atoms with van der Waals surface area (Å²) in [6.07, 6.45) is 8.24. The minimum absolute atomic E-state index is 0.0955. The standard InChI is InChI=1S/C42H46N8O5SSi/c1-26-20-29(40(51)44-23-27-8-10-28(11-9-27)24-55-41-38-39(46-25-45-38)47-42(43)48-41)12-15-32(26)37-33-16-13-30(49(2)3)21-35(33)57(5,6)36-22-31(14-17-34(36)37)50(4)18-7-19-56(52,53)54/h8-17,20-22,25,43-44H,7,18-19,23-24H2,1-6H3,(H2,51,52,53,54). The fourth-order valence-electron chi connectivity index (χ4n) is 7.44. The Morgan fingerprint density at radius 1 is 1.02 bits per heavy atom. The van der Waals surface area contributed by atoms with E-state index in [-0.39, 0.29) is 24.9 Å². The highest BCUT2D eigenvalue weighted by atomic mass is 32.2. The molecule has 2 aliphatic rings. The van der Waals surface area contributed by atoms with E-state index in [0.29, 0.717) is 35.7 Å². The topological polar surface area (TPSA) is 182 Å². The van der Waals surface area contributed by atoms with E-state index in [2.05, 4.69) is 79.7 Å². The third kappa shape index (κ3) is 8.31. The molecular formula is C42H46N8O5SSi. The number of nitrogens with two attached hydrogens (primary N) is 1. The van der Waals surface area contributed by atoms with E-state index in [1.807, 2.05) is 75.1 Å². The van der Waals surface area contributed by atoms with Crippen LogP contribution in [0.25, 0.3) is 16.7 Å². The second-order valence-corrected chi connectivity index (χ2v) is 21.0. The van der Waals surface area contributed by atoms with Crippen LogP contribution >= 0.6 is 0 Å². The van der Waals surface area contributed by atoms with Gasteiger partial charge in [0.15, 0.2) is 16.9 Å². The molecule has 7 rings (SSSR count). The maximum atomic E-state index is 13.5. The smallest absolute Gasteiger partial charge is 0.251 e. The number of ether oxygens (including phenoxy) is 1. The quantitative estimate of drug-likeness (QED) is 0.0916. The van der Waals surface area contributed by atoms with Crippen LogP contribution in [0.3, 0.4) is 0 Å². The SMILES string of the molecule is Cc1cc(C(=O)NCc2ccc(COc3nc(N)nc4[nH]cnc34)cc2)ccc1C1=C2C=C/C(=[N+](/C)CCCS(=O)(=O)[O-])C=C2[Si](C)(C)c2cc(N(C)C)ccc21. The molecule has 3 heterocycles. The normalized spacial score (nSPS) is 15.5. The third-order valence-corrected chi connectivity index (χ3v) is 14.9. The average molecular weight is 803 g/mol. The molecule has 3 aromatic carbocycles. The number of fused-ring (bicyclic) bond motifs is 3. The fourth-order valence-corrected chi connectivity index (χ4v) is 11.0. The van der Waals surface area contributed by atoms with E-state index in [4.69, 9.17) is 10.5 Å². The van der Waals surface area contributed by atoms with Gasteiger partial charge in [0, 0.05) is 56.2 Å². The Morgan fingerprint density at radius 3 is 2.47 bits per heavy atom. The Bertz CT molecular complexity index is 2640. The summed E-state index contributed by atoms with van der Waals surface area (Å²) in [5.74, 6) is -0.160. The van der Waals surface area contributed by atoms with Gasteiger partial charge >= 0.3 is 0 Å². The van der Waals surface area contributed by atoms with Crippen molar-refractivity contribution in [3.05, 3.63) is 129 Å². The van der Waals surface area contributed by atoms with Crippen molar-refractivity contribution >= 4 is 63.4 Å². The number of rotatable bonds is 12. The van der Waals surface area contributed by atoms with Crippen LogP contribution in [0.1, 0.15) is 44.6 Å². The zero-order chi connectivity index (χ0) is 40.6. The Balaban J connectivity index is 1.11. The summed E-state index contributed by atoms with van der Waals surface area (Å²) in [5, 5.41) is 5.66. The lowest BCUT2D eigenvalue weighted by atomic mass is 9.87. The van der Waals surface area contributed by atoms with Gasteiger partial charge < -0.3 is 30.2 Å². The van der Waals surface area contributed by atoms with Crippen LogP contribution in [0.5, 0.6) is 5.88 Å². The van der Waals surface area contributed by atoms with Crippen molar-refractivity contribution in [2.75, 3.05) is 44.1 Å². The predicted octanol–water partition coefficient (Wildman–Crippen LogP) is 4.60. The number of nitrogen functional groups attached to an aromatic ring is 1. The van der Waals surface area contributed by atoms with E-state index in [9.17, 15) is 17.8 Å². The van der Waals surface area contributed by atoms with Crippen LogP contribution in [0.15, 0.2) is 96.0 Å². The van der Waals surface area contributed by atoms with Crippen molar-refractivity contribution in [2.45, 2.75) is 39.6 Å². The molecule has 13 nitrogen and oxygen atoms in total. The number of amides is 1. The van der Waals surface area contributed by atoms with Crippen molar-refractivity contribution in [3.8, 4) is 5.88 Å². The number of aryl methyl sites for hydroxylation is 1. The van der Waals surface area contributed by atoms with E-state index in [1.165, 1.54) is 22.3 Å². The summed E-state index contributed by atoms with van der Waals surface area (Å²) in [4.78, 5) is 31.0. The molecule has 1 amide bonds. The number of aromatic nitrogens is 4. The number of H-pyrrole nitrogens is 1. The highest BCUT2D eigenvalue weighted by molar-refractivity contribution is 7.85. The second-order valence-electron chi connectivity index (χ2n) is 15.2. The summed E-state index contributed by atoms with van der Waals surface area (Å²) in [6, 6.07) is 20.4. The van der Waals surface area contributed by atoms with Gasteiger partial charge in [0.1, 0.15) is 28.3 Å². The van der Waals surface area contributed by atoms with Gasteiger partial charge in [-0.2, -0.15) is 9.97 Å². The van der Waals surface area contributed by atoms with Crippen LogP contribution < -0.4 is 25.9 Å². The van der Waals surface area contributed by atoms with Gasteiger partial charge in [-0.1, -0.05) is 49.5 Å². The zero-order valence-electron chi connectivity index (χ0n) is 32.9. The Morgan fingerprint density at radius 2 is 1.75 bits per heavy atom. The minimum atomic E-state index is -4.28. The summed E-state index contributed by atoms with van der Waals surface area (Å²) < 4.78 is 41.7. The first-order valence-corrected chi connectivity index (χ1v) is 23.2. The van der Waals surface area contributed by atoms with Crippen LogP contribution in [0.4, 0.5) is 11.6 Å². The number of hydrogen-bond acceptors (Lipinski definition) is 10. The van der Waals surface area contributed by atoms with Crippen LogP contribution in [0, 0.1) is 6.92 Å². The molecule has 0 atom stereocenters. The molecule has 2 aromatic heterocycles. The van der Waals surface area contributed by atoms with E-state index in [0.717, 1.165) is 44.8 Å². The lowest BCUT2D eigenvalue weighted by molar-refractivity contribution is -0.495. The van der Waals surface area contributed by atoms with Gasteiger partial charge in [0.05, 0.1) is 16.4 Å². The molecule has 1 aliphatic heterocycles. The number of hydrogen-bond donors (Lipinski definition) is 3. The number of nitrogens with one attached hydrogen (secondary N) is 2. The van der Waals surface area contributed by atoms with E-state index >= 15 is 0 Å². The van der Waals surface area contributed by atoms with E-state index < -0.39 is 23.9 Å². The summed E-state index contributed by atoms with van der Waals surface area (Å²) in [7, 11) is -0.507. The van der Waals surface area contributed by atoms with Crippen LogP contribution in [0.2, 0.25) is 13.1 Å². The second kappa shape index (κ2) is 15.6. The van der Waals surface area contributed by atoms with Crippen molar-refractivity contribution in [1.82, 2.24) is 25.3 Å². The molecule has 0 saturated carbocycles. The van der Waals surface area contributed by atoms with Crippen molar-refractivity contribution in [3.63, 3.8) is 0 Å². The molecule has 294 valence electrons. The summed E-state index contributed by atoms with van der Waals surface area (Å²) in [6.45, 7) is 7.84. The third-order valence-electron chi connectivity index (χ3n) is 10.6. The number of benzene rings is 3. The Kier molecular flexibility index (Phi) is 10.7. The number of anilines is 2. The number of aromatic amines is 1. The molecule has 0 spiro atoms. The molecule has 1 aliphatic carbocycles. The Hall–Kier alpha value is -5.90. The zero-order valence-corrected chi connectivity index (χ0v) is 34.7. The average Bonchev–Trinajstić information content (AvgIpc) is 3.65. The molecule has 0 saturated heterocycles. The van der Waals surface area contributed by atoms with Gasteiger partial charge in [-0.25, -0.2) is 18.0 Å². The fraction of sp³-hybridized carbons (Fsp3) is 0.262. The number of nitrogens with zero attached hydrogens (tertiary/aromatic N) is 5. The first-order valence-electron chi connectivity index (χ1n) is 18.6. The lowest BCUT2D eigenvalue weighted by Crippen LogP contribution is -2.49. The van der Waals surface area contributed by atoms with Crippen molar-refractivity contribution in [2.24, 2.45) is 0 Å². The molecular weight excluding hydrogens is 757 g/mol. The first-order chi connectivity index (χ1) is 27.1. The maximum absolute atomic E-state index is 13.5. The highest BCUT2D eigenvalue weighted by Crippen LogP contribution is 2.42. The van der Waals surface area contributed by atoms with Crippen molar-refractivity contribution in [1.29, 1.82) is 0 Å². The molecule has 5 aromatic rings. The highest BCUT2D eigenvalue weighted by Gasteiger charge is 2.40. The molecule has 0 radical (unpaired) electrons. The van der Waals surface area contributed by atoms with Gasteiger partial charge in [0.25, 0.3) is 5.91 Å². The number of carbonyl (C=O) groups is 1. The summed E-state index contributed by atoms with van der Waals surface area (Å²) in [5.41, 5.74) is 16.8. The molecule has 0 bridgehead atoms. The molecule has 4 N–H and O–H groups in total. The number of allylic oxidation sites excluding steroid dienone is 5. The molecule has 0 unspecified atom stereocenters. The minimum Gasteiger partial charge on any atom is -0.748 e. The maximum Gasteiger partial charge on any atom is 0.251 e. The first kappa shape index (κ1) is 39.3. The Labute approximate surface area is 333 Å². The molecule has 15 heteroatoms. The van der Waals surface area contributed by atoms with Crippen LogP contribution in [-0.2, 0) is 23.3 Å². The predicted molar refractivity (Wildman–Crippen MR) is 226 cm³/mol. The van der Waals surface area contributed by atoms with Gasteiger partial charge in [-0.15, -0.1) is 0 Å². The molecule has 0 fully saturated rings. The van der Waals surface area contributed by atoms with Gasteiger partial charge in [-0.3, -0.25) is 4.79 Å². The lowest BCUT2D eigenvalue weighted by Gasteiger charge is -2.38. The van der Waals surface area contributed by atoms with E-state index in [1.54, 1.807) is 0 Å².